The van der Waals surface area contributed by atoms with Crippen LogP contribution in [0.25, 0.3) is 4.85 Å². The lowest BCUT2D eigenvalue weighted by molar-refractivity contribution is 0.0673. The van der Waals surface area contributed by atoms with Gasteiger partial charge in [0.1, 0.15) is 10.7 Å². The van der Waals surface area contributed by atoms with E-state index in [0.29, 0.717) is 36.9 Å². The second-order valence-electron chi connectivity index (χ2n) is 12.1. The summed E-state index contributed by atoms with van der Waals surface area (Å²) in [5.74, 6) is -0.127. The Labute approximate surface area is 255 Å². The maximum Gasteiger partial charge on any atom is 0.254 e. The number of aryl methyl sites for hydroxylation is 2. The SMILES string of the molecule is [C-]#[N+]c1ccccc1N1CCC(Cc2cc(C(=O)N3CCN(c4cccc(F)c4[S@](C)(=N)=O)C[C@@H]3C)c(C)cc2C)CC1. The molecule has 9 heteroatoms. The zero-order chi connectivity index (χ0) is 30.9. The van der Waals surface area contributed by atoms with Crippen LogP contribution in [-0.4, -0.2) is 60.0 Å². The predicted molar refractivity (Wildman–Crippen MR) is 171 cm³/mol. The molecule has 0 radical (unpaired) electrons. The second kappa shape index (κ2) is 12.4. The third kappa shape index (κ3) is 6.40. The lowest BCUT2D eigenvalue weighted by atomic mass is 9.86. The van der Waals surface area contributed by atoms with E-state index < -0.39 is 15.5 Å². The number of nitrogens with one attached hydrogen (secondary N) is 1. The molecule has 7 nitrogen and oxygen atoms in total. The molecule has 3 aromatic carbocycles. The van der Waals surface area contributed by atoms with E-state index in [1.54, 1.807) is 12.1 Å². The van der Waals surface area contributed by atoms with Crippen LogP contribution in [0.5, 0.6) is 0 Å². The van der Waals surface area contributed by atoms with Crippen LogP contribution in [0.3, 0.4) is 0 Å². The molecule has 3 aromatic rings. The quantitative estimate of drug-likeness (QED) is 0.314. The van der Waals surface area contributed by atoms with Crippen molar-refractivity contribution in [2.75, 3.05) is 48.8 Å². The van der Waals surface area contributed by atoms with E-state index in [0.717, 1.165) is 49.2 Å². The Bertz CT molecular complexity index is 1670. The van der Waals surface area contributed by atoms with E-state index in [4.69, 9.17) is 11.4 Å². The first-order valence-corrected chi connectivity index (χ1v) is 16.8. The van der Waals surface area contributed by atoms with Gasteiger partial charge in [-0.1, -0.05) is 30.3 Å². The Balaban J connectivity index is 1.28. The maximum absolute atomic E-state index is 14.6. The van der Waals surface area contributed by atoms with Gasteiger partial charge in [0, 0.05) is 56.3 Å². The first kappa shape index (κ1) is 30.6. The van der Waals surface area contributed by atoms with Crippen LogP contribution >= 0.6 is 0 Å². The van der Waals surface area contributed by atoms with Crippen molar-refractivity contribution in [3.05, 3.63) is 94.1 Å². The number of carbonyl (C=O) groups is 1. The highest BCUT2D eigenvalue weighted by Gasteiger charge is 2.32. The number of anilines is 2. The van der Waals surface area contributed by atoms with E-state index in [2.05, 4.69) is 28.8 Å². The van der Waals surface area contributed by atoms with Gasteiger partial charge in [-0.2, -0.15) is 0 Å². The van der Waals surface area contributed by atoms with Crippen molar-refractivity contribution in [1.29, 1.82) is 4.78 Å². The second-order valence-corrected chi connectivity index (χ2v) is 14.1. The topological polar surface area (TPSA) is 72.1 Å². The van der Waals surface area contributed by atoms with Crippen molar-refractivity contribution in [2.24, 2.45) is 5.92 Å². The summed E-state index contributed by atoms with van der Waals surface area (Å²) in [5.41, 5.74) is 6.27. The van der Waals surface area contributed by atoms with Gasteiger partial charge >= 0.3 is 0 Å². The molecule has 0 saturated carbocycles. The van der Waals surface area contributed by atoms with Crippen LogP contribution in [0.4, 0.5) is 21.5 Å². The Hall–Kier alpha value is -3.90. The predicted octanol–water partition coefficient (Wildman–Crippen LogP) is 6.84. The fraction of sp³-hybridized carbons (Fsp3) is 0.412. The standard InChI is InChI=1S/C34H40FN5O2S/c1-23-19-24(2)28(21-27(23)20-26-13-15-38(16-14-26)31-11-7-6-10-30(31)37-4)34(41)40-18-17-39(22-25(40)3)32-12-8-9-29(35)33(32)43(5,36)42/h6-12,19,21,25-26,36H,13-18,20,22H2,1-3,5H3/t25-,43+/m0/s1. The third-order valence-electron chi connectivity index (χ3n) is 8.94. The molecule has 5 rings (SSSR count). The van der Waals surface area contributed by atoms with Gasteiger partial charge in [0.25, 0.3) is 5.91 Å². The van der Waals surface area contributed by atoms with Gasteiger partial charge in [-0.25, -0.2) is 18.2 Å². The molecule has 0 bridgehead atoms. The highest BCUT2D eigenvalue weighted by Crippen LogP contribution is 2.34. The van der Waals surface area contributed by atoms with Crippen LogP contribution < -0.4 is 9.80 Å². The van der Waals surface area contributed by atoms with E-state index in [1.165, 1.54) is 23.4 Å². The zero-order valence-electron chi connectivity index (χ0n) is 25.4. The van der Waals surface area contributed by atoms with Crippen molar-refractivity contribution < 1.29 is 13.4 Å². The van der Waals surface area contributed by atoms with Gasteiger partial charge in [-0.05, 0) is 86.9 Å². The number of hydrogen-bond acceptors (Lipinski definition) is 5. The molecule has 2 aliphatic heterocycles. The van der Waals surface area contributed by atoms with Gasteiger partial charge in [0.05, 0.1) is 22.0 Å². The number of nitrogens with zero attached hydrogens (tertiary/aromatic N) is 4. The molecule has 2 heterocycles. The zero-order valence-corrected chi connectivity index (χ0v) is 26.2. The first-order valence-electron chi connectivity index (χ1n) is 14.9. The highest BCUT2D eigenvalue weighted by atomic mass is 32.2. The minimum Gasteiger partial charge on any atom is -0.380 e. The van der Waals surface area contributed by atoms with Crippen molar-refractivity contribution >= 4 is 32.7 Å². The Kier molecular flexibility index (Phi) is 8.79. The minimum atomic E-state index is -3.26. The summed E-state index contributed by atoms with van der Waals surface area (Å²) in [7, 11) is -3.26. The van der Waals surface area contributed by atoms with Gasteiger partial charge in [0.15, 0.2) is 0 Å². The molecule has 43 heavy (non-hydrogen) atoms. The van der Waals surface area contributed by atoms with Crippen molar-refractivity contribution in [1.82, 2.24) is 4.90 Å². The van der Waals surface area contributed by atoms with Crippen LogP contribution in [0.1, 0.15) is 46.8 Å². The fourth-order valence-electron chi connectivity index (χ4n) is 6.63. The summed E-state index contributed by atoms with van der Waals surface area (Å²) in [4.78, 5) is 23.7. The summed E-state index contributed by atoms with van der Waals surface area (Å²) < 4.78 is 35.3. The molecule has 1 N–H and O–H groups in total. The first-order chi connectivity index (χ1) is 20.5. The normalized spacial score (nSPS) is 19.2. The molecule has 0 unspecified atom stereocenters. The summed E-state index contributed by atoms with van der Waals surface area (Å²) in [6.07, 6.45) is 4.23. The number of rotatable bonds is 6. The molecule has 0 aromatic heterocycles. The summed E-state index contributed by atoms with van der Waals surface area (Å²) in [6, 6.07) is 16.4. The number of piperazine rings is 1. The lowest BCUT2D eigenvalue weighted by Gasteiger charge is -2.41. The van der Waals surface area contributed by atoms with Crippen LogP contribution in [0.2, 0.25) is 0 Å². The summed E-state index contributed by atoms with van der Waals surface area (Å²) >= 11 is 0. The number of halogens is 1. The molecular weight excluding hydrogens is 561 g/mol. The fourth-order valence-corrected chi connectivity index (χ4v) is 7.66. The maximum atomic E-state index is 14.6. The van der Waals surface area contributed by atoms with Crippen LogP contribution in [-0.2, 0) is 16.1 Å². The van der Waals surface area contributed by atoms with E-state index in [9.17, 15) is 13.4 Å². The molecule has 2 fully saturated rings. The van der Waals surface area contributed by atoms with Gasteiger partial charge < -0.3 is 14.7 Å². The van der Waals surface area contributed by atoms with Crippen molar-refractivity contribution in [2.45, 2.75) is 51.0 Å². The molecule has 1 amide bonds. The van der Waals surface area contributed by atoms with E-state index in [1.807, 2.05) is 47.9 Å². The lowest BCUT2D eigenvalue weighted by Crippen LogP contribution is -2.54. The molecule has 2 saturated heterocycles. The van der Waals surface area contributed by atoms with Crippen LogP contribution in [0, 0.1) is 36.9 Å². The number of para-hydroxylation sites is 2. The molecule has 226 valence electrons. The number of benzene rings is 3. The van der Waals surface area contributed by atoms with Gasteiger partial charge in [-0.15, -0.1) is 0 Å². The number of hydrogen-bond donors (Lipinski definition) is 1. The van der Waals surface area contributed by atoms with E-state index >= 15 is 0 Å². The van der Waals surface area contributed by atoms with E-state index in [-0.39, 0.29) is 16.8 Å². The molecule has 0 aliphatic carbocycles. The number of amides is 1. The Morgan fingerprint density at radius 3 is 2.37 bits per heavy atom. The Morgan fingerprint density at radius 1 is 1.00 bits per heavy atom. The molecule has 0 spiro atoms. The van der Waals surface area contributed by atoms with Crippen molar-refractivity contribution in [3.8, 4) is 0 Å². The molecule has 2 atom stereocenters. The third-order valence-corrected chi connectivity index (χ3v) is 10.1. The average Bonchev–Trinajstić information content (AvgIpc) is 2.97. The Morgan fingerprint density at radius 2 is 1.70 bits per heavy atom. The van der Waals surface area contributed by atoms with Crippen LogP contribution in [0.15, 0.2) is 59.5 Å². The van der Waals surface area contributed by atoms with Gasteiger partial charge in [-0.3, -0.25) is 4.79 Å². The average molecular weight is 602 g/mol. The smallest absolute Gasteiger partial charge is 0.254 e. The summed E-state index contributed by atoms with van der Waals surface area (Å²) in [5, 5.41) is 0. The number of carbonyl (C=O) groups excluding carboxylic acids is 1. The monoisotopic (exact) mass is 601 g/mol. The minimum absolute atomic E-state index is 0.00397. The largest absolute Gasteiger partial charge is 0.380 e. The van der Waals surface area contributed by atoms with Gasteiger partial charge in [0.2, 0.25) is 5.69 Å². The van der Waals surface area contributed by atoms with Crippen molar-refractivity contribution in [3.63, 3.8) is 0 Å². The molecule has 2 aliphatic rings. The molecular formula is C34H40FN5O2S. The summed E-state index contributed by atoms with van der Waals surface area (Å²) in [6.45, 7) is 16.8. The number of piperidine rings is 1. The highest BCUT2D eigenvalue weighted by molar-refractivity contribution is 7.91.